The molecule has 0 radical (unpaired) electrons. The van der Waals surface area contributed by atoms with Gasteiger partial charge in [0.05, 0.1) is 16.1 Å². The molecule has 1 heterocycles. The predicted molar refractivity (Wildman–Crippen MR) is 90.4 cm³/mol. The molecule has 1 amide bonds. The minimum Gasteiger partial charge on any atom is -0.349 e. The molecule has 0 bridgehead atoms. The van der Waals surface area contributed by atoms with Crippen molar-refractivity contribution in [2.45, 2.75) is 51.5 Å². The number of halogens is 1. The third-order valence-electron chi connectivity index (χ3n) is 4.35. The van der Waals surface area contributed by atoms with Crippen LogP contribution < -0.4 is 5.32 Å². The summed E-state index contributed by atoms with van der Waals surface area (Å²) in [5.74, 6) is -0.00957. The molecule has 1 aliphatic rings. The third-order valence-corrected chi connectivity index (χ3v) is 4.66. The van der Waals surface area contributed by atoms with Gasteiger partial charge in [-0.15, -0.1) is 0 Å². The maximum Gasteiger partial charge on any atom is 0.252 e. The van der Waals surface area contributed by atoms with Crippen LogP contribution in [0.4, 0.5) is 0 Å². The van der Waals surface area contributed by atoms with Crippen molar-refractivity contribution in [3.63, 3.8) is 0 Å². The number of benzene rings is 1. The lowest BCUT2D eigenvalue weighted by Gasteiger charge is -2.17. The molecule has 2 aromatic rings. The van der Waals surface area contributed by atoms with Crippen molar-refractivity contribution >= 4 is 28.4 Å². The summed E-state index contributed by atoms with van der Waals surface area (Å²) in [6.45, 7) is 1.89. The number of carbonyl (C=O) groups excluding carboxylic acids is 1. The molecule has 1 aromatic heterocycles. The molecule has 0 saturated heterocycles. The molecule has 1 aromatic carbocycles. The Hall–Kier alpha value is -1.61. The summed E-state index contributed by atoms with van der Waals surface area (Å²) in [4.78, 5) is 17.2. The first-order chi connectivity index (χ1) is 10.6. The van der Waals surface area contributed by atoms with Gasteiger partial charge < -0.3 is 5.32 Å². The number of para-hydroxylation sites is 1. The van der Waals surface area contributed by atoms with E-state index >= 15 is 0 Å². The van der Waals surface area contributed by atoms with E-state index in [9.17, 15) is 4.79 Å². The largest absolute Gasteiger partial charge is 0.349 e. The summed E-state index contributed by atoms with van der Waals surface area (Å²) in [7, 11) is 0. The molecular weight excluding hydrogens is 296 g/mol. The van der Waals surface area contributed by atoms with Gasteiger partial charge >= 0.3 is 0 Å². The molecule has 116 valence electrons. The van der Waals surface area contributed by atoms with Crippen LogP contribution in [0.1, 0.15) is 54.6 Å². The first-order valence-corrected chi connectivity index (χ1v) is 8.39. The van der Waals surface area contributed by atoms with E-state index in [-0.39, 0.29) is 11.9 Å². The van der Waals surface area contributed by atoms with Gasteiger partial charge in [-0.25, -0.2) is 0 Å². The van der Waals surface area contributed by atoms with Gasteiger partial charge in [0.25, 0.3) is 5.91 Å². The first kappa shape index (κ1) is 15.3. The van der Waals surface area contributed by atoms with Crippen molar-refractivity contribution in [2.24, 2.45) is 0 Å². The van der Waals surface area contributed by atoms with E-state index in [1.54, 1.807) is 0 Å². The van der Waals surface area contributed by atoms with Gasteiger partial charge in [0.15, 0.2) is 0 Å². The van der Waals surface area contributed by atoms with Crippen molar-refractivity contribution in [3.8, 4) is 0 Å². The summed E-state index contributed by atoms with van der Waals surface area (Å²) in [6.07, 6.45) is 7.11. The molecule has 3 rings (SSSR count). The number of amides is 1. The average molecular weight is 317 g/mol. The van der Waals surface area contributed by atoms with Gasteiger partial charge in [0.2, 0.25) is 0 Å². The SMILES string of the molecule is Cc1cc(C(=O)NC2CCCCCC2)c2cccc(Cl)c2n1. The monoisotopic (exact) mass is 316 g/mol. The van der Waals surface area contributed by atoms with Crippen LogP contribution in [0.2, 0.25) is 5.02 Å². The normalized spacial score (nSPS) is 16.5. The summed E-state index contributed by atoms with van der Waals surface area (Å²) < 4.78 is 0. The lowest BCUT2D eigenvalue weighted by atomic mass is 10.0. The molecule has 0 unspecified atom stereocenters. The minimum absolute atomic E-state index is 0.00957. The van der Waals surface area contributed by atoms with E-state index in [1.807, 2.05) is 31.2 Å². The van der Waals surface area contributed by atoms with E-state index in [1.165, 1.54) is 25.7 Å². The molecule has 1 aliphatic carbocycles. The number of rotatable bonds is 2. The fourth-order valence-corrected chi connectivity index (χ4v) is 3.43. The number of fused-ring (bicyclic) bond motifs is 1. The van der Waals surface area contributed by atoms with Gasteiger partial charge in [-0.3, -0.25) is 9.78 Å². The van der Waals surface area contributed by atoms with Crippen LogP contribution in [-0.2, 0) is 0 Å². The Balaban J connectivity index is 1.91. The number of carbonyl (C=O) groups is 1. The highest BCUT2D eigenvalue weighted by Crippen LogP contribution is 2.25. The number of pyridine rings is 1. The molecule has 22 heavy (non-hydrogen) atoms. The Morgan fingerprint density at radius 1 is 1.23 bits per heavy atom. The van der Waals surface area contributed by atoms with E-state index in [0.29, 0.717) is 16.1 Å². The van der Waals surface area contributed by atoms with Gasteiger partial charge in [0.1, 0.15) is 0 Å². The van der Waals surface area contributed by atoms with Crippen LogP contribution in [0.3, 0.4) is 0 Å². The number of aryl methyl sites for hydroxylation is 1. The predicted octanol–water partition coefficient (Wildman–Crippen LogP) is 4.65. The second-order valence-electron chi connectivity index (χ2n) is 6.11. The first-order valence-electron chi connectivity index (χ1n) is 8.02. The Kier molecular flexibility index (Phi) is 4.63. The Labute approximate surface area is 136 Å². The summed E-state index contributed by atoms with van der Waals surface area (Å²) >= 11 is 6.22. The molecular formula is C18H21ClN2O. The van der Waals surface area contributed by atoms with Crippen molar-refractivity contribution in [3.05, 3.63) is 40.5 Å². The summed E-state index contributed by atoms with van der Waals surface area (Å²) in [5, 5.41) is 4.62. The van der Waals surface area contributed by atoms with E-state index in [0.717, 1.165) is 23.9 Å². The van der Waals surface area contributed by atoms with Crippen molar-refractivity contribution < 1.29 is 4.79 Å². The van der Waals surface area contributed by atoms with Crippen molar-refractivity contribution in [2.75, 3.05) is 0 Å². The van der Waals surface area contributed by atoms with Gasteiger partial charge in [-0.05, 0) is 31.9 Å². The van der Waals surface area contributed by atoms with Crippen LogP contribution in [0.15, 0.2) is 24.3 Å². The lowest BCUT2D eigenvalue weighted by Crippen LogP contribution is -2.34. The van der Waals surface area contributed by atoms with E-state index in [2.05, 4.69) is 10.3 Å². The smallest absolute Gasteiger partial charge is 0.252 e. The van der Waals surface area contributed by atoms with Crippen LogP contribution in [-0.4, -0.2) is 16.9 Å². The van der Waals surface area contributed by atoms with Crippen molar-refractivity contribution in [1.82, 2.24) is 10.3 Å². The van der Waals surface area contributed by atoms with Crippen molar-refractivity contribution in [1.29, 1.82) is 0 Å². The Morgan fingerprint density at radius 2 is 1.95 bits per heavy atom. The number of nitrogens with one attached hydrogen (secondary N) is 1. The van der Waals surface area contributed by atoms with E-state index in [4.69, 9.17) is 11.6 Å². The second-order valence-corrected chi connectivity index (χ2v) is 6.52. The average Bonchev–Trinajstić information content (AvgIpc) is 2.76. The van der Waals surface area contributed by atoms with Crippen LogP contribution >= 0.6 is 11.6 Å². The molecule has 1 fully saturated rings. The Bertz CT molecular complexity index is 691. The highest BCUT2D eigenvalue weighted by molar-refractivity contribution is 6.35. The zero-order valence-electron chi connectivity index (χ0n) is 12.9. The summed E-state index contributed by atoms with van der Waals surface area (Å²) in [6, 6.07) is 7.73. The van der Waals surface area contributed by atoms with Crippen LogP contribution in [0.5, 0.6) is 0 Å². The lowest BCUT2D eigenvalue weighted by molar-refractivity contribution is 0.0935. The van der Waals surface area contributed by atoms with Gasteiger partial charge in [-0.1, -0.05) is 49.4 Å². The molecule has 1 saturated carbocycles. The fraction of sp³-hybridized carbons (Fsp3) is 0.444. The molecule has 0 atom stereocenters. The molecule has 3 nitrogen and oxygen atoms in total. The molecule has 0 aliphatic heterocycles. The number of nitrogens with zero attached hydrogens (tertiary/aromatic N) is 1. The van der Waals surface area contributed by atoms with Crippen LogP contribution in [0.25, 0.3) is 10.9 Å². The van der Waals surface area contributed by atoms with Gasteiger partial charge in [-0.2, -0.15) is 0 Å². The highest BCUT2D eigenvalue weighted by atomic mass is 35.5. The summed E-state index contributed by atoms with van der Waals surface area (Å²) in [5.41, 5.74) is 2.19. The van der Waals surface area contributed by atoms with Gasteiger partial charge in [0, 0.05) is 17.1 Å². The zero-order chi connectivity index (χ0) is 15.5. The zero-order valence-corrected chi connectivity index (χ0v) is 13.6. The van der Waals surface area contributed by atoms with Crippen LogP contribution in [0, 0.1) is 6.92 Å². The molecule has 4 heteroatoms. The quantitative estimate of drug-likeness (QED) is 0.819. The topological polar surface area (TPSA) is 42.0 Å². The third kappa shape index (κ3) is 3.25. The maximum absolute atomic E-state index is 12.7. The van der Waals surface area contributed by atoms with E-state index < -0.39 is 0 Å². The fourth-order valence-electron chi connectivity index (χ4n) is 3.22. The molecule has 1 N–H and O–H groups in total. The maximum atomic E-state index is 12.7. The minimum atomic E-state index is -0.00957. The highest BCUT2D eigenvalue weighted by Gasteiger charge is 2.18. The Morgan fingerprint density at radius 3 is 2.68 bits per heavy atom. The molecule has 0 spiro atoms. The standard InChI is InChI=1S/C18H21ClN2O/c1-12-11-15(14-9-6-10-16(19)17(14)20-12)18(22)21-13-7-4-2-3-5-8-13/h6,9-11,13H,2-5,7-8H2,1H3,(H,21,22). The second kappa shape index (κ2) is 6.66. The number of hydrogen-bond acceptors (Lipinski definition) is 2. The number of aromatic nitrogens is 1. The number of hydrogen-bond donors (Lipinski definition) is 1.